The molecule has 1 heterocycles. The van der Waals surface area contributed by atoms with E-state index in [0.29, 0.717) is 35.4 Å². The van der Waals surface area contributed by atoms with Gasteiger partial charge in [0.25, 0.3) is 0 Å². The van der Waals surface area contributed by atoms with Crippen molar-refractivity contribution in [2.24, 2.45) is 5.73 Å². The first-order chi connectivity index (χ1) is 25.7. The highest BCUT2D eigenvalue weighted by atomic mass is 19.4. The minimum atomic E-state index is -5.08. The number of phenolic OH excluding ortho intramolecular Hbond substituents is 2. The van der Waals surface area contributed by atoms with Gasteiger partial charge >= 0.3 is 12.1 Å². The van der Waals surface area contributed by atoms with E-state index in [-0.39, 0.29) is 66.5 Å². The standard InChI is InChI=1S/C35H49N5O7.C2HF3O2/c1-46-31-21-25(7-9-29(31)41)19-27-23-40(24-28(35(27)45)20-26-8-10-30(42)32(22-26)47-2)34(44)12-11-33(43)39-18-6-17-38-15-4-3-14-37-16-5-13-36;3-2(4,5)1(6)7/h7-10,19-22,37-38,41-42H,3-6,11-18,23-24,36H2,1-2H3,(H,39,43);(H,6,7)/b27-19+,28-20+;. The van der Waals surface area contributed by atoms with E-state index in [0.717, 1.165) is 51.9 Å². The zero-order valence-corrected chi connectivity index (χ0v) is 30.5. The maximum absolute atomic E-state index is 13.6. The number of nitrogens with one attached hydrogen (secondary N) is 3. The Balaban J connectivity index is 0.00000131. The SMILES string of the molecule is COc1cc(/C=C2\CN(C(=O)CCC(=O)NCCCNCCCCNCCCN)C/C(=C\c3ccc(O)c(OC)c3)C2=O)ccc1O.O=C(O)C(F)(F)F. The molecule has 2 aromatic rings. The van der Waals surface area contributed by atoms with Crippen LogP contribution in [0.2, 0.25) is 0 Å². The van der Waals surface area contributed by atoms with Crippen LogP contribution >= 0.6 is 0 Å². The van der Waals surface area contributed by atoms with Crippen LogP contribution in [0.4, 0.5) is 13.2 Å². The van der Waals surface area contributed by atoms with Crippen molar-refractivity contribution in [2.45, 2.75) is 44.7 Å². The number of carbonyl (C=O) groups excluding carboxylic acids is 3. The van der Waals surface area contributed by atoms with Crippen LogP contribution in [-0.2, 0) is 19.2 Å². The Morgan fingerprint density at radius 3 is 1.70 bits per heavy atom. The Morgan fingerprint density at radius 1 is 0.796 bits per heavy atom. The third-order valence-corrected chi connectivity index (χ3v) is 7.92. The number of aliphatic carboxylic acids is 1. The van der Waals surface area contributed by atoms with Crippen LogP contribution in [-0.4, -0.2) is 117 Å². The number of carbonyl (C=O) groups is 4. The topological polar surface area (TPSA) is 213 Å². The van der Waals surface area contributed by atoms with E-state index < -0.39 is 12.1 Å². The van der Waals surface area contributed by atoms with E-state index in [4.69, 9.17) is 25.1 Å². The van der Waals surface area contributed by atoms with Crippen LogP contribution in [0.3, 0.4) is 0 Å². The second-order valence-corrected chi connectivity index (χ2v) is 12.1. The van der Waals surface area contributed by atoms with Gasteiger partial charge < -0.3 is 51.4 Å². The second-order valence-electron chi connectivity index (χ2n) is 12.1. The fraction of sp³-hybridized carbons (Fsp3) is 0.459. The van der Waals surface area contributed by atoms with Gasteiger partial charge in [-0.3, -0.25) is 14.4 Å². The number of carboxylic acids is 1. The van der Waals surface area contributed by atoms with Crippen LogP contribution < -0.4 is 31.2 Å². The van der Waals surface area contributed by atoms with Crippen LogP contribution in [0.1, 0.15) is 49.7 Å². The van der Waals surface area contributed by atoms with E-state index in [1.807, 2.05) is 0 Å². The smallest absolute Gasteiger partial charge is 0.490 e. The third kappa shape index (κ3) is 16.3. The molecule has 0 bridgehead atoms. The summed E-state index contributed by atoms with van der Waals surface area (Å²) in [7, 11) is 2.87. The molecule has 0 atom stereocenters. The summed E-state index contributed by atoms with van der Waals surface area (Å²) in [5.41, 5.74) is 7.46. The lowest BCUT2D eigenvalue weighted by atomic mass is 9.93. The lowest BCUT2D eigenvalue weighted by Gasteiger charge is -2.30. The molecule has 0 aromatic heterocycles. The first-order valence-corrected chi connectivity index (χ1v) is 17.4. The number of carboxylic acid groups (broad SMARTS) is 1. The van der Waals surface area contributed by atoms with Gasteiger partial charge in [-0.1, -0.05) is 12.1 Å². The summed E-state index contributed by atoms with van der Waals surface area (Å²) in [4.78, 5) is 49.9. The summed E-state index contributed by atoms with van der Waals surface area (Å²) >= 11 is 0. The summed E-state index contributed by atoms with van der Waals surface area (Å²) in [5, 5.41) is 36.7. The van der Waals surface area contributed by atoms with Crippen LogP contribution in [0.15, 0.2) is 47.5 Å². The number of halogens is 3. The molecule has 298 valence electrons. The van der Waals surface area contributed by atoms with E-state index in [9.17, 15) is 37.8 Å². The van der Waals surface area contributed by atoms with Crippen LogP contribution in [0.5, 0.6) is 23.0 Å². The maximum atomic E-state index is 13.6. The molecule has 0 saturated carbocycles. The number of aromatic hydroxyl groups is 2. The van der Waals surface area contributed by atoms with Crippen molar-refractivity contribution in [2.75, 3.05) is 66.6 Å². The number of amides is 2. The number of benzene rings is 2. The number of alkyl halides is 3. The van der Waals surface area contributed by atoms with E-state index in [2.05, 4.69) is 16.0 Å². The minimum absolute atomic E-state index is 0.00177. The summed E-state index contributed by atoms with van der Waals surface area (Å²) in [6.45, 7) is 5.02. The lowest BCUT2D eigenvalue weighted by molar-refractivity contribution is -0.192. The van der Waals surface area contributed by atoms with E-state index in [1.165, 1.54) is 26.4 Å². The van der Waals surface area contributed by atoms with E-state index in [1.54, 1.807) is 41.3 Å². The zero-order chi connectivity index (χ0) is 40.1. The monoisotopic (exact) mass is 765 g/mol. The van der Waals surface area contributed by atoms with Crippen molar-refractivity contribution in [1.29, 1.82) is 0 Å². The number of piperidine rings is 1. The van der Waals surface area contributed by atoms with Crippen LogP contribution in [0, 0.1) is 0 Å². The number of hydrogen-bond acceptors (Lipinski definition) is 11. The van der Waals surface area contributed by atoms with Gasteiger partial charge in [0.2, 0.25) is 11.8 Å². The van der Waals surface area contributed by atoms with Gasteiger partial charge in [-0.2, -0.15) is 13.2 Å². The molecular weight excluding hydrogens is 715 g/mol. The number of rotatable bonds is 19. The number of Topliss-reactive ketones (excluding diaryl/α,β-unsaturated/α-hetero) is 1. The van der Waals surface area contributed by atoms with Gasteiger partial charge in [-0.15, -0.1) is 0 Å². The number of likely N-dealkylation sites (tertiary alicyclic amines) is 1. The third-order valence-electron chi connectivity index (χ3n) is 7.92. The molecule has 1 aliphatic heterocycles. The Morgan fingerprint density at radius 2 is 1.26 bits per heavy atom. The zero-order valence-electron chi connectivity index (χ0n) is 30.5. The highest BCUT2D eigenvalue weighted by Gasteiger charge is 2.38. The molecule has 54 heavy (non-hydrogen) atoms. The number of ether oxygens (including phenoxy) is 2. The Kier molecular flexibility index (Phi) is 19.6. The Bertz CT molecular complexity index is 1540. The van der Waals surface area contributed by atoms with E-state index >= 15 is 0 Å². The highest BCUT2D eigenvalue weighted by molar-refractivity contribution is 6.15. The molecule has 14 nitrogen and oxygen atoms in total. The molecule has 0 aliphatic carbocycles. The number of unbranched alkanes of at least 4 members (excludes halogenated alkanes) is 1. The molecule has 0 radical (unpaired) electrons. The van der Waals surface area contributed by atoms with Gasteiger partial charge in [0.05, 0.1) is 14.2 Å². The number of phenols is 2. The fourth-order valence-electron chi connectivity index (χ4n) is 5.07. The first kappa shape index (κ1) is 45.0. The average Bonchev–Trinajstić information content (AvgIpc) is 3.13. The van der Waals surface area contributed by atoms with Crippen molar-refractivity contribution < 1.29 is 57.1 Å². The molecular formula is C37H50F3N5O9. The van der Waals surface area contributed by atoms with Crippen molar-refractivity contribution in [3.05, 3.63) is 58.7 Å². The molecule has 1 fully saturated rings. The predicted molar refractivity (Wildman–Crippen MR) is 196 cm³/mol. The van der Waals surface area contributed by atoms with Crippen molar-refractivity contribution in [1.82, 2.24) is 20.9 Å². The summed E-state index contributed by atoms with van der Waals surface area (Å²) in [6, 6.07) is 9.45. The van der Waals surface area contributed by atoms with Crippen molar-refractivity contribution in [3.63, 3.8) is 0 Å². The Labute approximate surface area is 312 Å². The summed E-state index contributed by atoms with van der Waals surface area (Å²) in [5.74, 6) is -3.00. The maximum Gasteiger partial charge on any atom is 0.490 e. The summed E-state index contributed by atoms with van der Waals surface area (Å²) in [6.07, 6.45) is 2.23. The fourth-order valence-corrected chi connectivity index (χ4v) is 5.07. The lowest BCUT2D eigenvalue weighted by Crippen LogP contribution is -2.42. The number of ketones is 1. The van der Waals surface area contributed by atoms with Gasteiger partial charge in [-0.25, -0.2) is 4.79 Å². The molecule has 1 saturated heterocycles. The predicted octanol–water partition coefficient (Wildman–Crippen LogP) is 3.22. The molecule has 2 amide bonds. The quantitative estimate of drug-likeness (QED) is 0.0812. The highest BCUT2D eigenvalue weighted by Crippen LogP contribution is 2.31. The molecule has 8 N–H and O–H groups in total. The largest absolute Gasteiger partial charge is 0.504 e. The van der Waals surface area contributed by atoms with Crippen molar-refractivity contribution >= 4 is 35.7 Å². The minimum Gasteiger partial charge on any atom is -0.504 e. The van der Waals surface area contributed by atoms with Gasteiger partial charge in [0, 0.05) is 43.6 Å². The second kappa shape index (κ2) is 23.5. The average molecular weight is 766 g/mol. The number of nitrogens with two attached hydrogens (primary N) is 1. The normalized spacial score (nSPS) is 14.4. The summed E-state index contributed by atoms with van der Waals surface area (Å²) < 4.78 is 42.1. The molecule has 2 aromatic carbocycles. The van der Waals surface area contributed by atoms with Gasteiger partial charge in [0.1, 0.15) is 0 Å². The van der Waals surface area contributed by atoms with Crippen LogP contribution in [0.25, 0.3) is 12.2 Å². The molecule has 0 unspecified atom stereocenters. The Hall–Kier alpha value is -5.13. The molecule has 3 rings (SSSR count). The first-order valence-electron chi connectivity index (χ1n) is 17.4. The van der Waals surface area contributed by atoms with Crippen molar-refractivity contribution in [3.8, 4) is 23.0 Å². The number of methoxy groups -OCH3 is 2. The molecule has 17 heteroatoms. The molecule has 1 aliphatic rings. The number of hydrogen-bond donors (Lipinski definition) is 7. The van der Waals surface area contributed by atoms with Gasteiger partial charge in [-0.05, 0) is 106 Å². The van der Waals surface area contributed by atoms with Gasteiger partial charge in [0.15, 0.2) is 28.8 Å². The molecule has 0 spiro atoms. The number of nitrogens with zero attached hydrogens (tertiary/aromatic N) is 1.